The molecule has 0 spiro atoms. The summed E-state index contributed by atoms with van der Waals surface area (Å²) in [5, 5.41) is 6.22. The fourth-order valence-electron chi connectivity index (χ4n) is 2.61. The first-order chi connectivity index (χ1) is 12.2. The molecular formula is C20H18N2O2S. The number of methoxy groups -OCH3 is 1. The first-order valence-electron chi connectivity index (χ1n) is 8.24. The molecule has 1 fully saturated rings. The Bertz CT molecular complexity index is 881. The van der Waals surface area contributed by atoms with Crippen LogP contribution in [0.2, 0.25) is 0 Å². The zero-order valence-electron chi connectivity index (χ0n) is 13.9. The molecule has 3 aromatic rings. The Balaban J connectivity index is 1.45. The fourth-order valence-corrected chi connectivity index (χ4v) is 3.61. The van der Waals surface area contributed by atoms with E-state index in [0.29, 0.717) is 11.5 Å². The van der Waals surface area contributed by atoms with Gasteiger partial charge in [-0.25, -0.2) is 4.98 Å². The van der Waals surface area contributed by atoms with E-state index in [4.69, 9.17) is 9.72 Å². The third kappa shape index (κ3) is 3.56. The van der Waals surface area contributed by atoms with Gasteiger partial charge in [0.15, 0.2) is 0 Å². The van der Waals surface area contributed by atoms with Gasteiger partial charge in [0.2, 0.25) is 0 Å². The van der Waals surface area contributed by atoms with Crippen LogP contribution in [0.3, 0.4) is 0 Å². The summed E-state index contributed by atoms with van der Waals surface area (Å²) in [5.74, 6) is 1.30. The monoisotopic (exact) mass is 350 g/mol. The SMILES string of the molecule is COc1ccc(NC(=O)c2ccc(-c3csc(C4CC4)n3)cc2)cc1. The van der Waals surface area contributed by atoms with Gasteiger partial charge in [-0.3, -0.25) is 4.79 Å². The number of benzene rings is 2. The highest BCUT2D eigenvalue weighted by Gasteiger charge is 2.26. The van der Waals surface area contributed by atoms with Crippen molar-refractivity contribution in [3.63, 3.8) is 0 Å². The molecule has 126 valence electrons. The van der Waals surface area contributed by atoms with E-state index in [0.717, 1.165) is 22.7 Å². The summed E-state index contributed by atoms with van der Waals surface area (Å²) in [7, 11) is 1.62. The summed E-state index contributed by atoms with van der Waals surface area (Å²) in [5.41, 5.74) is 3.40. The lowest BCUT2D eigenvalue weighted by molar-refractivity contribution is 0.102. The number of carbonyl (C=O) groups is 1. The van der Waals surface area contributed by atoms with Crippen LogP contribution in [-0.2, 0) is 0 Å². The number of rotatable bonds is 5. The number of amides is 1. The van der Waals surface area contributed by atoms with Gasteiger partial charge in [-0.2, -0.15) is 0 Å². The van der Waals surface area contributed by atoms with Gasteiger partial charge in [0, 0.05) is 28.1 Å². The Morgan fingerprint density at radius 2 is 1.84 bits per heavy atom. The second kappa shape index (κ2) is 6.69. The average molecular weight is 350 g/mol. The van der Waals surface area contributed by atoms with Crippen LogP contribution in [0.25, 0.3) is 11.3 Å². The van der Waals surface area contributed by atoms with Gasteiger partial charge in [-0.15, -0.1) is 11.3 Å². The second-order valence-corrected chi connectivity index (χ2v) is 6.99. The summed E-state index contributed by atoms with van der Waals surface area (Å²) >= 11 is 1.73. The van der Waals surface area contributed by atoms with Crippen LogP contribution in [-0.4, -0.2) is 18.0 Å². The minimum Gasteiger partial charge on any atom is -0.497 e. The fraction of sp³-hybridized carbons (Fsp3) is 0.200. The van der Waals surface area contributed by atoms with E-state index in [1.54, 1.807) is 18.4 Å². The molecule has 4 rings (SSSR count). The summed E-state index contributed by atoms with van der Waals surface area (Å²) < 4.78 is 5.12. The molecule has 1 amide bonds. The van der Waals surface area contributed by atoms with Crippen molar-refractivity contribution in [3.05, 3.63) is 64.5 Å². The first kappa shape index (κ1) is 15.8. The Labute approximate surface area is 150 Å². The molecule has 0 aliphatic heterocycles. The zero-order chi connectivity index (χ0) is 17.2. The Morgan fingerprint density at radius 1 is 1.12 bits per heavy atom. The zero-order valence-corrected chi connectivity index (χ0v) is 14.7. The van der Waals surface area contributed by atoms with Gasteiger partial charge < -0.3 is 10.1 Å². The van der Waals surface area contributed by atoms with Crippen molar-refractivity contribution in [2.24, 2.45) is 0 Å². The molecule has 2 aromatic carbocycles. The lowest BCUT2D eigenvalue weighted by atomic mass is 10.1. The number of ether oxygens (including phenoxy) is 1. The molecule has 0 radical (unpaired) electrons. The van der Waals surface area contributed by atoms with E-state index in [-0.39, 0.29) is 5.91 Å². The largest absolute Gasteiger partial charge is 0.497 e. The molecule has 5 heteroatoms. The van der Waals surface area contributed by atoms with Crippen LogP contribution in [0.1, 0.15) is 34.1 Å². The molecule has 0 bridgehead atoms. The molecule has 1 aliphatic rings. The molecule has 0 unspecified atom stereocenters. The van der Waals surface area contributed by atoms with Crippen molar-refractivity contribution in [1.82, 2.24) is 4.98 Å². The molecule has 1 heterocycles. The molecule has 25 heavy (non-hydrogen) atoms. The van der Waals surface area contributed by atoms with E-state index in [1.165, 1.54) is 17.8 Å². The van der Waals surface area contributed by atoms with E-state index in [9.17, 15) is 4.79 Å². The number of nitrogens with one attached hydrogen (secondary N) is 1. The maximum Gasteiger partial charge on any atom is 0.255 e. The van der Waals surface area contributed by atoms with E-state index in [1.807, 2.05) is 48.5 Å². The molecule has 1 aliphatic carbocycles. The smallest absolute Gasteiger partial charge is 0.255 e. The molecule has 1 saturated carbocycles. The van der Waals surface area contributed by atoms with Gasteiger partial charge in [0.1, 0.15) is 5.75 Å². The second-order valence-electron chi connectivity index (χ2n) is 6.11. The van der Waals surface area contributed by atoms with Crippen LogP contribution in [0.5, 0.6) is 5.75 Å². The average Bonchev–Trinajstić information content (AvgIpc) is 3.39. The van der Waals surface area contributed by atoms with Gasteiger partial charge in [0.25, 0.3) is 5.91 Å². The summed E-state index contributed by atoms with van der Waals surface area (Å²) in [6, 6.07) is 14.9. The van der Waals surface area contributed by atoms with Gasteiger partial charge in [0.05, 0.1) is 17.8 Å². The van der Waals surface area contributed by atoms with Crippen LogP contribution < -0.4 is 10.1 Å². The first-order valence-corrected chi connectivity index (χ1v) is 9.12. The maximum atomic E-state index is 12.4. The van der Waals surface area contributed by atoms with Crippen LogP contribution in [0.15, 0.2) is 53.9 Å². The minimum absolute atomic E-state index is 0.131. The van der Waals surface area contributed by atoms with Crippen LogP contribution in [0.4, 0.5) is 5.69 Å². The predicted octanol–water partition coefficient (Wildman–Crippen LogP) is 4.95. The number of carbonyl (C=O) groups excluding carboxylic acids is 1. The summed E-state index contributed by atoms with van der Waals surface area (Å²) in [6.45, 7) is 0. The highest BCUT2D eigenvalue weighted by Crippen LogP contribution is 2.42. The number of hydrogen-bond acceptors (Lipinski definition) is 4. The number of nitrogens with zero attached hydrogens (tertiary/aromatic N) is 1. The van der Waals surface area contributed by atoms with Crippen LogP contribution >= 0.6 is 11.3 Å². The maximum absolute atomic E-state index is 12.4. The third-order valence-electron chi connectivity index (χ3n) is 4.24. The van der Waals surface area contributed by atoms with Crippen molar-refractivity contribution >= 4 is 22.9 Å². The van der Waals surface area contributed by atoms with Crippen molar-refractivity contribution in [1.29, 1.82) is 0 Å². The van der Waals surface area contributed by atoms with Crippen molar-refractivity contribution in [3.8, 4) is 17.0 Å². The molecule has 4 nitrogen and oxygen atoms in total. The quantitative estimate of drug-likeness (QED) is 0.708. The van der Waals surface area contributed by atoms with Crippen molar-refractivity contribution in [2.45, 2.75) is 18.8 Å². The molecule has 0 atom stereocenters. The minimum atomic E-state index is -0.131. The molecule has 1 N–H and O–H groups in total. The lowest BCUT2D eigenvalue weighted by Crippen LogP contribution is -2.11. The number of aromatic nitrogens is 1. The van der Waals surface area contributed by atoms with E-state index in [2.05, 4.69) is 10.7 Å². The van der Waals surface area contributed by atoms with E-state index < -0.39 is 0 Å². The number of thiazole rings is 1. The lowest BCUT2D eigenvalue weighted by Gasteiger charge is -2.07. The standard InChI is InChI=1S/C20H18N2O2S/c1-24-17-10-8-16(9-11-17)21-19(23)14-4-2-13(3-5-14)18-12-25-20(22-18)15-6-7-15/h2-5,8-12,15H,6-7H2,1H3,(H,21,23). The van der Waals surface area contributed by atoms with Crippen molar-refractivity contribution < 1.29 is 9.53 Å². The normalized spacial score (nSPS) is 13.5. The van der Waals surface area contributed by atoms with Gasteiger partial charge in [-0.1, -0.05) is 12.1 Å². The van der Waals surface area contributed by atoms with Crippen LogP contribution in [0, 0.1) is 0 Å². The molecule has 1 aromatic heterocycles. The molecular weight excluding hydrogens is 332 g/mol. The highest BCUT2D eigenvalue weighted by atomic mass is 32.1. The Hall–Kier alpha value is -2.66. The topological polar surface area (TPSA) is 51.2 Å². The number of anilines is 1. The number of hydrogen-bond donors (Lipinski definition) is 1. The molecule has 0 saturated heterocycles. The third-order valence-corrected chi connectivity index (χ3v) is 5.25. The Kier molecular flexibility index (Phi) is 4.24. The Morgan fingerprint density at radius 3 is 2.48 bits per heavy atom. The highest BCUT2D eigenvalue weighted by molar-refractivity contribution is 7.10. The van der Waals surface area contributed by atoms with Crippen molar-refractivity contribution in [2.75, 3.05) is 12.4 Å². The van der Waals surface area contributed by atoms with Gasteiger partial charge >= 0.3 is 0 Å². The summed E-state index contributed by atoms with van der Waals surface area (Å²) in [6.07, 6.45) is 2.52. The van der Waals surface area contributed by atoms with E-state index >= 15 is 0 Å². The summed E-state index contributed by atoms with van der Waals surface area (Å²) in [4.78, 5) is 17.1. The predicted molar refractivity (Wildman–Crippen MR) is 100 cm³/mol. The van der Waals surface area contributed by atoms with Gasteiger partial charge in [-0.05, 0) is 49.2 Å².